The third kappa shape index (κ3) is 4.04. The van der Waals surface area contributed by atoms with E-state index in [0.717, 1.165) is 10.9 Å². The van der Waals surface area contributed by atoms with E-state index in [2.05, 4.69) is 21.2 Å². The largest absolute Gasteiger partial charge is 0.386 e. The number of hydrogen-bond donors (Lipinski definition) is 2. The quantitative estimate of drug-likeness (QED) is 0.842. The number of halogens is 1. The molecule has 1 heterocycles. The van der Waals surface area contributed by atoms with Gasteiger partial charge in [0.2, 0.25) is 5.91 Å². The average molecular weight is 355 g/mol. The molecule has 0 aliphatic carbocycles. The maximum atomic E-state index is 11.9. The Morgan fingerprint density at radius 3 is 2.76 bits per heavy atom. The molecule has 0 unspecified atom stereocenters. The topological polar surface area (TPSA) is 69.6 Å². The summed E-state index contributed by atoms with van der Waals surface area (Å²) >= 11 is 3.30. The fourth-order valence-corrected chi connectivity index (χ4v) is 2.86. The third-order valence-electron chi connectivity index (χ3n) is 3.53. The van der Waals surface area contributed by atoms with E-state index in [-0.39, 0.29) is 18.4 Å². The van der Waals surface area contributed by atoms with Gasteiger partial charge in [-0.2, -0.15) is 0 Å². The number of nitrogens with one attached hydrogen (secondary N) is 1. The standard InChI is InChI=1S/C15H19BrN2O3/c1-2-6-15(21)9-18(10-15)13(19)8-17-14(20)11-4-3-5-12(16)7-11/h3-5,7,21H,2,6,8-10H2,1H3,(H,17,20). The molecule has 0 spiro atoms. The highest BCUT2D eigenvalue weighted by Crippen LogP contribution is 2.25. The minimum Gasteiger partial charge on any atom is -0.386 e. The molecule has 0 aromatic heterocycles. The molecule has 0 bridgehead atoms. The molecule has 1 aliphatic rings. The van der Waals surface area contributed by atoms with Gasteiger partial charge in [-0.3, -0.25) is 9.59 Å². The molecule has 5 nitrogen and oxygen atoms in total. The van der Waals surface area contributed by atoms with Crippen molar-refractivity contribution in [3.63, 3.8) is 0 Å². The number of likely N-dealkylation sites (tertiary alicyclic amines) is 1. The van der Waals surface area contributed by atoms with Crippen molar-refractivity contribution in [1.82, 2.24) is 10.2 Å². The SMILES string of the molecule is CCCC1(O)CN(C(=O)CNC(=O)c2cccc(Br)c2)C1. The molecule has 2 rings (SSSR count). The molecule has 1 aliphatic heterocycles. The Kier molecular flexibility index (Phi) is 5.00. The normalized spacial score (nSPS) is 16.2. The lowest BCUT2D eigenvalue weighted by molar-refractivity contribution is -0.155. The first-order valence-corrected chi connectivity index (χ1v) is 7.77. The van der Waals surface area contributed by atoms with Crippen molar-refractivity contribution in [1.29, 1.82) is 0 Å². The van der Waals surface area contributed by atoms with Crippen molar-refractivity contribution < 1.29 is 14.7 Å². The van der Waals surface area contributed by atoms with Crippen LogP contribution >= 0.6 is 15.9 Å². The minimum atomic E-state index is -0.737. The highest BCUT2D eigenvalue weighted by molar-refractivity contribution is 9.10. The summed E-state index contributed by atoms with van der Waals surface area (Å²) in [7, 11) is 0. The van der Waals surface area contributed by atoms with Crippen LogP contribution in [0.3, 0.4) is 0 Å². The van der Waals surface area contributed by atoms with Crippen LogP contribution in [-0.2, 0) is 4.79 Å². The molecule has 0 radical (unpaired) electrons. The summed E-state index contributed by atoms with van der Waals surface area (Å²) in [5, 5.41) is 12.6. The molecule has 114 valence electrons. The van der Waals surface area contributed by atoms with E-state index in [9.17, 15) is 14.7 Å². The van der Waals surface area contributed by atoms with Crippen LogP contribution in [0.2, 0.25) is 0 Å². The van der Waals surface area contributed by atoms with E-state index < -0.39 is 5.60 Å². The van der Waals surface area contributed by atoms with Crippen LogP contribution in [-0.4, -0.2) is 47.1 Å². The Labute approximate surface area is 132 Å². The summed E-state index contributed by atoms with van der Waals surface area (Å²) < 4.78 is 0.814. The highest BCUT2D eigenvalue weighted by Gasteiger charge is 2.42. The lowest BCUT2D eigenvalue weighted by Gasteiger charge is -2.46. The van der Waals surface area contributed by atoms with Gasteiger partial charge in [0, 0.05) is 10.0 Å². The monoisotopic (exact) mass is 354 g/mol. The van der Waals surface area contributed by atoms with Crippen molar-refractivity contribution in [2.45, 2.75) is 25.4 Å². The lowest BCUT2D eigenvalue weighted by atomic mass is 9.89. The van der Waals surface area contributed by atoms with E-state index in [1.54, 1.807) is 23.1 Å². The molecule has 21 heavy (non-hydrogen) atoms. The van der Waals surface area contributed by atoms with Gasteiger partial charge in [-0.05, 0) is 24.6 Å². The first-order valence-electron chi connectivity index (χ1n) is 6.97. The summed E-state index contributed by atoms with van der Waals surface area (Å²) in [6.07, 6.45) is 1.58. The fourth-order valence-electron chi connectivity index (χ4n) is 2.46. The van der Waals surface area contributed by atoms with E-state index in [1.165, 1.54) is 0 Å². The van der Waals surface area contributed by atoms with Gasteiger partial charge < -0.3 is 15.3 Å². The zero-order valence-electron chi connectivity index (χ0n) is 11.9. The number of β-amino-alcohol motifs (C(OH)–C–C–N with tert-alkyl or cyclic N) is 1. The van der Waals surface area contributed by atoms with Crippen LogP contribution < -0.4 is 5.32 Å². The van der Waals surface area contributed by atoms with E-state index in [1.807, 2.05) is 13.0 Å². The van der Waals surface area contributed by atoms with Crippen LogP contribution in [0, 0.1) is 0 Å². The zero-order chi connectivity index (χ0) is 15.5. The van der Waals surface area contributed by atoms with E-state index in [0.29, 0.717) is 25.1 Å². The molecule has 0 saturated carbocycles. The van der Waals surface area contributed by atoms with Gasteiger partial charge >= 0.3 is 0 Å². The Hall–Kier alpha value is -1.40. The Bertz CT molecular complexity index is 541. The minimum absolute atomic E-state index is 0.0481. The number of rotatable bonds is 5. The molecule has 2 amide bonds. The van der Waals surface area contributed by atoms with Crippen molar-refractivity contribution in [3.05, 3.63) is 34.3 Å². The maximum absolute atomic E-state index is 11.9. The molecule has 1 saturated heterocycles. The Balaban J connectivity index is 1.79. The van der Waals surface area contributed by atoms with Gasteiger partial charge in [-0.1, -0.05) is 35.3 Å². The second-order valence-electron chi connectivity index (χ2n) is 5.42. The van der Waals surface area contributed by atoms with Gasteiger partial charge in [-0.15, -0.1) is 0 Å². The second kappa shape index (κ2) is 6.58. The number of carbonyl (C=O) groups is 2. The van der Waals surface area contributed by atoms with E-state index in [4.69, 9.17) is 0 Å². The van der Waals surface area contributed by atoms with Crippen LogP contribution in [0.4, 0.5) is 0 Å². The second-order valence-corrected chi connectivity index (χ2v) is 6.33. The number of benzene rings is 1. The third-order valence-corrected chi connectivity index (χ3v) is 4.02. The summed E-state index contributed by atoms with van der Waals surface area (Å²) in [4.78, 5) is 25.4. The number of carbonyl (C=O) groups excluding carboxylic acids is 2. The predicted molar refractivity (Wildman–Crippen MR) is 82.9 cm³/mol. The van der Waals surface area contributed by atoms with Gasteiger partial charge in [0.1, 0.15) is 0 Å². The molecular weight excluding hydrogens is 336 g/mol. The number of nitrogens with zero attached hydrogens (tertiary/aromatic N) is 1. The lowest BCUT2D eigenvalue weighted by Crippen LogP contribution is -2.64. The molecule has 6 heteroatoms. The predicted octanol–water partition coefficient (Wildman–Crippen LogP) is 1.55. The van der Waals surface area contributed by atoms with Crippen molar-refractivity contribution in [3.8, 4) is 0 Å². The number of aliphatic hydroxyl groups is 1. The van der Waals surface area contributed by atoms with Crippen LogP contribution in [0.1, 0.15) is 30.1 Å². The van der Waals surface area contributed by atoms with Crippen molar-refractivity contribution >= 4 is 27.7 Å². The molecule has 1 aromatic carbocycles. The van der Waals surface area contributed by atoms with Gasteiger partial charge in [-0.25, -0.2) is 0 Å². The summed E-state index contributed by atoms with van der Waals surface area (Å²) in [5.74, 6) is -0.451. The summed E-state index contributed by atoms with van der Waals surface area (Å²) in [6, 6.07) is 6.98. The van der Waals surface area contributed by atoms with Crippen LogP contribution in [0.5, 0.6) is 0 Å². The number of amides is 2. The average Bonchev–Trinajstić information content (AvgIpc) is 2.42. The summed E-state index contributed by atoms with van der Waals surface area (Å²) in [5.41, 5.74) is -0.234. The fraction of sp³-hybridized carbons (Fsp3) is 0.467. The van der Waals surface area contributed by atoms with Crippen LogP contribution in [0.15, 0.2) is 28.7 Å². The molecule has 2 N–H and O–H groups in total. The first kappa shape index (κ1) is 16.0. The van der Waals surface area contributed by atoms with Crippen molar-refractivity contribution in [2.24, 2.45) is 0 Å². The smallest absolute Gasteiger partial charge is 0.251 e. The van der Waals surface area contributed by atoms with Crippen molar-refractivity contribution in [2.75, 3.05) is 19.6 Å². The zero-order valence-corrected chi connectivity index (χ0v) is 13.5. The first-order chi connectivity index (χ1) is 9.93. The Morgan fingerprint density at radius 1 is 1.43 bits per heavy atom. The molecule has 1 fully saturated rings. The Morgan fingerprint density at radius 2 is 2.14 bits per heavy atom. The molecule has 1 aromatic rings. The molecule has 0 atom stereocenters. The van der Waals surface area contributed by atoms with Crippen LogP contribution in [0.25, 0.3) is 0 Å². The maximum Gasteiger partial charge on any atom is 0.251 e. The van der Waals surface area contributed by atoms with Gasteiger partial charge in [0.15, 0.2) is 0 Å². The van der Waals surface area contributed by atoms with Gasteiger partial charge in [0.05, 0.1) is 25.2 Å². The molecular formula is C15H19BrN2O3. The number of hydrogen-bond acceptors (Lipinski definition) is 3. The summed E-state index contributed by atoms with van der Waals surface area (Å²) in [6.45, 7) is 2.66. The highest BCUT2D eigenvalue weighted by atomic mass is 79.9. The van der Waals surface area contributed by atoms with E-state index >= 15 is 0 Å². The van der Waals surface area contributed by atoms with Gasteiger partial charge in [0.25, 0.3) is 5.91 Å².